The molecule has 0 spiro atoms. The van der Waals surface area contributed by atoms with E-state index in [0.29, 0.717) is 12.8 Å². The summed E-state index contributed by atoms with van der Waals surface area (Å²) in [7, 11) is -4.60. The highest BCUT2D eigenvalue weighted by Gasteiger charge is 2.46. The summed E-state index contributed by atoms with van der Waals surface area (Å²) in [4.78, 5) is 25.3. The van der Waals surface area contributed by atoms with E-state index in [1.54, 1.807) is 0 Å². The van der Waals surface area contributed by atoms with Crippen LogP contribution in [0.15, 0.2) is 36.5 Å². The van der Waals surface area contributed by atoms with Crippen molar-refractivity contribution in [1.29, 1.82) is 0 Å². The lowest BCUT2D eigenvalue weighted by Gasteiger charge is -2.40. The molecular weight excluding hydrogens is 741 g/mol. The van der Waals surface area contributed by atoms with Crippen molar-refractivity contribution < 1.29 is 56.8 Å². The molecule has 2 unspecified atom stereocenters. The standard InChI is InChI=1S/C43H76O12S/c1-3-5-7-9-11-13-15-17-18-20-22-24-26-28-30-32-39(45)54-36(34-53-43-42(48)41(47)40(46)37(55-43)35-56(49,50)51)33-52-38(44)31-29-27-25-23-21-19-16-14-12-10-8-6-4-2/h11,13,17-18,22,24,36-37,40-43,46-48H,3-10,12,14-16,19-21,23,25-35H2,1-2H3,(H,49,50,51)/b13-11+,18-17+,24-22+/t36-,37-,40-,41?,42?,43+/m1/s1. The molecule has 1 fully saturated rings. The van der Waals surface area contributed by atoms with Crippen LogP contribution in [0.25, 0.3) is 0 Å². The number of allylic oxidation sites excluding steroid dienone is 6. The van der Waals surface area contributed by atoms with Crippen molar-refractivity contribution in [1.82, 2.24) is 0 Å². The lowest BCUT2D eigenvalue weighted by atomic mass is 10.00. The van der Waals surface area contributed by atoms with Gasteiger partial charge in [0.1, 0.15) is 36.8 Å². The molecule has 0 bridgehead atoms. The smallest absolute Gasteiger partial charge is 0.306 e. The summed E-state index contributed by atoms with van der Waals surface area (Å²) < 4.78 is 53.9. The van der Waals surface area contributed by atoms with Crippen LogP contribution in [0.1, 0.15) is 168 Å². The van der Waals surface area contributed by atoms with Gasteiger partial charge in [0.2, 0.25) is 0 Å². The Morgan fingerprint density at radius 3 is 1.62 bits per heavy atom. The third-order valence-electron chi connectivity index (χ3n) is 9.72. The summed E-state index contributed by atoms with van der Waals surface area (Å²) in [6.07, 6.45) is 27.7. The maximum Gasteiger partial charge on any atom is 0.306 e. The lowest BCUT2D eigenvalue weighted by molar-refractivity contribution is -0.297. The first kappa shape index (κ1) is 51.9. The van der Waals surface area contributed by atoms with Crippen molar-refractivity contribution in [3.63, 3.8) is 0 Å². The van der Waals surface area contributed by atoms with Gasteiger partial charge in [0.25, 0.3) is 10.1 Å². The van der Waals surface area contributed by atoms with E-state index in [1.165, 1.54) is 77.0 Å². The lowest BCUT2D eigenvalue weighted by Crippen LogP contribution is -2.60. The van der Waals surface area contributed by atoms with Crippen LogP contribution in [-0.2, 0) is 38.7 Å². The zero-order chi connectivity index (χ0) is 41.3. The number of aliphatic hydroxyl groups excluding tert-OH is 3. The van der Waals surface area contributed by atoms with Crippen LogP contribution in [0.4, 0.5) is 0 Å². The molecule has 1 saturated heterocycles. The van der Waals surface area contributed by atoms with Crippen molar-refractivity contribution >= 4 is 22.1 Å². The Labute approximate surface area is 338 Å². The van der Waals surface area contributed by atoms with Crippen molar-refractivity contribution in [2.45, 2.75) is 205 Å². The fraction of sp³-hybridized carbons (Fsp3) is 0.814. The summed E-state index contributed by atoms with van der Waals surface area (Å²) >= 11 is 0. The fourth-order valence-corrected chi connectivity index (χ4v) is 7.02. The molecule has 1 heterocycles. The average molecular weight is 817 g/mol. The predicted octanol–water partition coefficient (Wildman–Crippen LogP) is 8.22. The third kappa shape index (κ3) is 28.3. The van der Waals surface area contributed by atoms with Gasteiger partial charge < -0.3 is 34.3 Å². The van der Waals surface area contributed by atoms with E-state index >= 15 is 0 Å². The van der Waals surface area contributed by atoms with Crippen LogP contribution in [0, 0.1) is 0 Å². The number of carbonyl (C=O) groups excluding carboxylic acids is 2. The molecule has 0 aromatic heterocycles. The van der Waals surface area contributed by atoms with E-state index in [1.807, 2.05) is 0 Å². The highest BCUT2D eigenvalue weighted by Crippen LogP contribution is 2.24. The van der Waals surface area contributed by atoms with E-state index < -0.39 is 71.2 Å². The molecule has 0 aliphatic carbocycles. The molecule has 0 radical (unpaired) electrons. The van der Waals surface area contributed by atoms with Crippen LogP contribution >= 0.6 is 0 Å². The normalized spacial score (nSPS) is 21.0. The van der Waals surface area contributed by atoms with Gasteiger partial charge >= 0.3 is 11.9 Å². The summed E-state index contributed by atoms with van der Waals surface area (Å²) in [5.74, 6) is -2.03. The zero-order valence-electron chi connectivity index (χ0n) is 34.5. The molecule has 12 nitrogen and oxygen atoms in total. The Kier molecular flexibility index (Phi) is 31.3. The van der Waals surface area contributed by atoms with Gasteiger partial charge in [0, 0.05) is 12.8 Å². The Morgan fingerprint density at radius 1 is 0.607 bits per heavy atom. The van der Waals surface area contributed by atoms with E-state index in [9.17, 15) is 37.9 Å². The second-order valence-electron chi connectivity index (χ2n) is 15.0. The van der Waals surface area contributed by atoms with Gasteiger partial charge in [-0.05, 0) is 51.4 Å². The number of unbranched alkanes of at least 4 members (excludes halogenated alkanes) is 17. The van der Waals surface area contributed by atoms with Crippen LogP contribution in [-0.4, -0.2) is 96.0 Å². The maximum atomic E-state index is 12.8. The summed E-state index contributed by atoms with van der Waals surface area (Å²) in [5, 5.41) is 30.8. The highest BCUT2D eigenvalue weighted by atomic mass is 32.2. The van der Waals surface area contributed by atoms with Crippen LogP contribution in [0.2, 0.25) is 0 Å². The van der Waals surface area contributed by atoms with Gasteiger partial charge in [-0.15, -0.1) is 0 Å². The predicted molar refractivity (Wildman–Crippen MR) is 219 cm³/mol. The van der Waals surface area contributed by atoms with Gasteiger partial charge in [-0.1, -0.05) is 140 Å². The first-order chi connectivity index (χ1) is 27.0. The minimum Gasteiger partial charge on any atom is -0.462 e. The molecule has 1 rings (SSSR count). The Hall–Kier alpha value is -2.13. The van der Waals surface area contributed by atoms with E-state index in [4.69, 9.17) is 18.9 Å². The number of carbonyl (C=O) groups is 2. The summed E-state index contributed by atoms with van der Waals surface area (Å²) in [6.45, 7) is 3.68. The molecule has 1 aliphatic heterocycles. The number of hydrogen-bond acceptors (Lipinski definition) is 11. The van der Waals surface area contributed by atoms with E-state index in [2.05, 4.69) is 50.3 Å². The number of aliphatic hydroxyl groups is 3. The average Bonchev–Trinajstić information content (AvgIpc) is 3.16. The molecule has 4 N–H and O–H groups in total. The van der Waals surface area contributed by atoms with Gasteiger partial charge in [0.15, 0.2) is 12.4 Å². The molecule has 326 valence electrons. The highest BCUT2D eigenvalue weighted by molar-refractivity contribution is 7.85. The Bertz CT molecular complexity index is 1190. The van der Waals surface area contributed by atoms with Crippen LogP contribution in [0.3, 0.4) is 0 Å². The molecule has 0 aromatic rings. The van der Waals surface area contributed by atoms with Gasteiger partial charge in [-0.3, -0.25) is 14.1 Å². The molecule has 56 heavy (non-hydrogen) atoms. The maximum absolute atomic E-state index is 12.8. The van der Waals surface area contributed by atoms with Crippen LogP contribution in [0.5, 0.6) is 0 Å². The Balaban J connectivity index is 2.51. The number of ether oxygens (including phenoxy) is 4. The largest absolute Gasteiger partial charge is 0.462 e. The van der Waals surface area contributed by atoms with Crippen molar-refractivity contribution in [2.24, 2.45) is 0 Å². The van der Waals surface area contributed by atoms with Crippen molar-refractivity contribution in [2.75, 3.05) is 19.0 Å². The summed E-state index contributed by atoms with van der Waals surface area (Å²) in [6, 6.07) is 0. The van der Waals surface area contributed by atoms with E-state index in [-0.39, 0.29) is 19.4 Å². The molecule has 1 aliphatic rings. The Morgan fingerprint density at radius 2 is 1.07 bits per heavy atom. The van der Waals surface area contributed by atoms with Gasteiger partial charge in [-0.2, -0.15) is 8.42 Å². The second-order valence-corrected chi connectivity index (χ2v) is 16.5. The van der Waals surface area contributed by atoms with Gasteiger partial charge in [0.05, 0.1) is 6.61 Å². The van der Waals surface area contributed by atoms with E-state index in [0.717, 1.165) is 51.4 Å². The number of esters is 2. The van der Waals surface area contributed by atoms with Gasteiger partial charge in [-0.25, -0.2) is 0 Å². The first-order valence-corrected chi connectivity index (χ1v) is 23.2. The van der Waals surface area contributed by atoms with Crippen molar-refractivity contribution in [3.05, 3.63) is 36.5 Å². The zero-order valence-corrected chi connectivity index (χ0v) is 35.3. The molecule has 0 saturated carbocycles. The molecule has 0 amide bonds. The van der Waals surface area contributed by atoms with Crippen molar-refractivity contribution in [3.8, 4) is 0 Å². The van der Waals surface area contributed by atoms with Crippen LogP contribution < -0.4 is 0 Å². The topological polar surface area (TPSA) is 186 Å². The second kappa shape index (κ2) is 33.8. The molecule has 0 aromatic carbocycles. The number of hydrogen-bond donors (Lipinski definition) is 4. The minimum absolute atomic E-state index is 0.117. The molecule has 13 heteroatoms. The summed E-state index contributed by atoms with van der Waals surface area (Å²) in [5.41, 5.74) is 0. The number of rotatable bonds is 35. The monoisotopic (exact) mass is 817 g/mol. The minimum atomic E-state index is -4.60. The fourth-order valence-electron chi connectivity index (χ4n) is 6.33. The SMILES string of the molecule is CCCCC/C=C/C/C=C/C/C=C/CCCCC(=O)O[C@H](COC(=O)CCCCCCCCCCCCCCC)CO[C@H]1O[C@H](CS(=O)(=O)O)[C@@H](O)C(O)C1O. The third-order valence-corrected chi connectivity index (χ3v) is 10.5. The molecular formula is C43H76O12S. The quantitative estimate of drug-likeness (QED) is 0.0208. The molecule has 6 atom stereocenters. The first-order valence-electron chi connectivity index (χ1n) is 21.5.